The van der Waals surface area contributed by atoms with Crippen LogP contribution in [-0.4, -0.2) is 27.7 Å². The van der Waals surface area contributed by atoms with E-state index in [9.17, 15) is 14.4 Å². The molecule has 7 nitrogen and oxygen atoms in total. The van der Waals surface area contributed by atoms with Gasteiger partial charge < -0.3 is 10.3 Å². The molecule has 146 valence electrons. The normalized spacial score (nSPS) is 13.0. The molecule has 1 aliphatic rings. The number of hydrogen-bond acceptors (Lipinski definition) is 4. The second-order valence-electron chi connectivity index (χ2n) is 6.98. The topological polar surface area (TPSA) is 95.2 Å². The number of aromatic amines is 1. The van der Waals surface area contributed by atoms with Crippen molar-refractivity contribution in [2.24, 2.45) is 0 Å². The summed E-state index contributed by atoms with van der Waals surface area (Å²) in [5.74, 6) is -1.01. The van der Waals surface area contributed by atoms with Gasteiger partial charge in [0.15, 0.2) is 0 Å². The molecular formula is C23H16N4O3. The first-order chi connectivity index (χ1) is 14.6. The molecule has 0 atom stereocenters. The predicted octanol–water partition coefficient (Wildman–Crippen LogP) is 3.54. The summed E-state index contributed by atoms with van der Waals surface area (Å²) in [4.78, 5) is 45.8. The standard InChI is InChI=1S/C23H16N4O3/c28-20(12-14-13-25-19-6-2-1-4-17(14)19)26-15-7-9-16(10-8-15)27-22(29)18-5-3-11-24-21(18)23(27)30/h1-11,13,25H,12H2,(H,26,28). The number of H-pyrrole nitrogens is 1. The highest BCUT2D eigenvalue weighted by Crippen LogP contribution is 2.28. The third kappa shape index (κ3) is 2.93. The number of rotatable bonds is 4. The van der Waals surface area contributed by atoms with E-state index in [1.807, 2.05) is 30.5 Å². The van der Waals surface area contributed by atoms with Crippen molar-refractivity contribution in [1.29, 1.82) is 0 Å². The molecular weight excluding hydrogens is 380 g/mol. The molecule has 0 spiro atoms. The molecule has 7 heteroatoms. The molecule has 0 aliphatic carbocycles. The van der Waals surface area contributed by atoms with Gasteiger partial charge in [0.05, 0.1) is 17.7 Å². The first-order valence-electron chi connectivity index (χ1n) is 9.40. The smallest absolute Gasteiger partial charge is 0.284 e. The second-order valence-corrected chi connectivity index (χ2v) is 6.98. The van der Waals surface area contributed by atoms with E-state index in [0.717, 1.165) is 21.4 Å². The van der Waals surface area contributed by atoms with Crippen LogP contribution in [0.15, 0.2) is 73.1 Å². The van der Waals surface area contributed by atoms with Crippen molar-refractivity contribution in [3.63, 3.8) is 0 Å². The number of fused-ring (bicyclic) bond motifs is 2. The molecule has 2 N–H and O–H groups in total. The minimum absolute atomic E-state index is 0.151. The molecule has 5 rings (SSSR count). The maximum absolute atomic E-state index is 12.5. The van der Waals surface area contributed by atoms with Crippen molar-refractivity contribution in [3.8, 4) is 0 Å². The molecule has 30 heavy (non-hydrogen) atoms. The predicted molar refractivity (Wildman–Crippen MR) is 112 cm³/mol. The molecule has 0 radical (unpaired) electrons. The second kappa shape index (κ2) is 6.97. The van der Waals surface area contributed by atoms with Crippen LogP contribution in [0.2, 0.25) is 0 Å². The number of pyridine rings is 1. The van der Waals surface area contributed by atoms with Crippen LogP contribution in [0.3, 0.4) is 0 Å². The van der Waals surface area contributed by atoms with Gasteiger partial charge in [0, 0.05) is 29.0 Å². The quantitative estimate of drug-likeness (QED) is 0.516. The van der Waals surface area contributed by atoms with Gasteiger partial charge in [0.1, 0.15) is 5.69 Å². The number of para-hydroxylation sites is 1. The van der Waals surface area contributed by atoms with Crippen LogP contribution in [-0.2, 0) is 11.2 Å². The molecule has 2 aromatic heterocycles. The van der Waals surface area contributed by atoms with E-state index in [1.165, 1.54) is 6.20 Å². The van der Waals surface area contributed by atoms with Crippen LogP contribution in [0.5, 0.6) is 0 Å². The lowest BCUT2D eigenvalue weighted by molar-refractivity contribution is -0.115. The Morgan fingerprint density at radius 1 is 0.967 bits per heavy atom. The number of hydrogen-bond donors (Lipinski definition) is 2. The van der Waals surface area contributed by atoms with E-state index in [-0.39, 0.29) is 18.0 Å². The summed E-state index contributed by atoms with van der Waals surface area (Å²) in [5, 5.41) is 3.86. The van der Waals surface area contributed by atoms with Gasteiger partial charge in [-0.15, -0.1) is 0 Å². The Labute approximate surface area is 171 Å². The van der Waals surface area contributed by atoms with Gasteiger partial charge in [0.2, 0.25) is 5.91 Å². The summed E-state index contributed by atoms with van der Waals surface area (Å²) in [6.45, 7) is 0. The molecule has 0 unspecified atom stereocenters. The Hall–Kier alpha value is -4.26. The molecule has 2 aromatic carbocycles. The average Bonchev–Trinajstić information content (AvgIpc) is 3.28. The number of benzene rings is 2. The summed E-state index contributed by atoms with van der Waals surface area (Å²) in [6, 6.07) is 17.6. The number of anilines is 2. The summed E-state index contributed by atoms with van der Waals surface area (Å²) in [6.07, 6.45) is 3.55. The zero-order valence-corrected chi connectivity index (χ0v) is 15.8. The maximum Gasteiger partial charge on any atom is 0.284 e. The minimum atomic E-state index is -0.452. The average molecular weight is 396 g/mol. The van der Waals surface area contributed by atoms with Crippen molar-refractivity contribution in [2.75, 3.05) is 10.2 Å². The van der Waals surface area contributed by atoms with E-state index < -0.39 is 11.8 Å². The highest BCUT2D eigenvalue weighted by molar-refractivity contribution is 6.33. The molecule has 0 saturated heterocycles. The van der Waals surface area contributed by atoms with E-state index in [2.05, 4.69) is 15.3 Å². The Morgan fingerprint density at radius 2 is 1.77 bits per heavy atom. The number of amides is 3. The molecule has 0 fully saturated rings. The van der Waals surface area contributed by atoms with Gasteiger partial charge in [-0.05, 0) is 48.0 Å². The summed E-state index contributed by atoms with van der Waals surface area (Å²) >= 11 is 0. The fourth-order valence-electron chi connectivity index (χ4n) is 3.65. The fourth-order valence-corrected chi connectivity index (χ4v) is 3.65. The van der Waals surface area contributed by atoms with Crippen LogP contribution in [0.25, 0.3) is 10.9 Å². The number of carbonyl (C=O) groups is 3. The monoisotopic (exact) mass is 396 g/mol. The highest BCUT2D eigenvalue weighted by atomic mass is 16.2. The van der Waals surface area contributed by atoms with Crippen LogP contribution in [0.1, 0.15) is 26.4 Å². The van der Waals surface area contributed by atoms with Gasteiger partial charge in [-0.25, -0.2) is 4.90 Å². The molecule has 3 heterocycles. The molecule has 4 aromatic rings. The van der Waals surface area contributed by atoms with Crippen LogP contribution in [0, 0.1) is 0 Å². The lowest BCUT2D eigenvalue weighted by atomic mass is 10.1. The van der Waals surface area contributed by atoms with E-state index in [1.54, 1.807) is 36.4 Å². The van der Waals surface area contributed by atoms with Gasteiger partial charge in [0.25, 0.3) is 11.8 Å². The lowest BCUT2D eigenvalue weighted by Gasteiger charge is -2.14. The Balaban J connectivity index is 1.30. The van der Waals surface area contributed by atoms with Gasteiger partial charge in [-0.1, -0.05) is 18.2 Å². The van der Waals surface area contributed by atoms with Crippen molar-refractivity contribution in [2.45, 2.75) is 6.42 Å². The van der Waals surface area contributed by atoms with E-state index >= 15 is 0 Å². The number of carbonyl (C=O) groups excluding carboxylic acids is 3. The van der Waals surface area contributed by atoms with E-state index in [0.29, 0.717) is 16.9 Å². The third-order valence-corrected chi connectivity index (χ3v) is 5.08. The van der Waals surface area contributed by atoms with Crippen LogP contribution in [0.4, 0.5) is 11.4 Å². The van der Waals surface area contributed by atoms with Crippen molar-refractivity contribution in [3.05, 3.63) is 89.9 Å². The first kappa shape index (κ1) is 17.8. The first-order valence-corrected chi connectivity index (χ1v) is 9.40. The summed E-state index contributed by atoms with van der Waals surface area (Å²) < 4.78 is 0. The Morgan fingerprint density at radius 3 is 2.57 bits per heavy atom. The molecule has 3 amide bonds. The lowest BCUT2D eigenvalue weighted by Crippen LogP contribution is -2.29. The zero-order valence-electron chi connectivity index (χ0n) is 15.8. The highest BCUT2D eigenvalue weighted by Gasteiger charge is 2.37. The number of nitrogens with zero attached hydrogens (tertiary/aromatic N) is 2. The van der Waals surface area contributed by atoms with Gasteiger partial charge in [-0.2, -0.15) is 0 Å². The Kier molecular flexibility index (Phi) is 4.14. The number of imide groups is 1. The van der Waals surface area contributed by atoms with E-state index in [4.69, 9.17) is 0 Å². The maximum atomic E-state index is 12.5. The fraction of sp³-hybridized carbons (Fsp3) is 0.0435. The van der Waals surface area contributed by atoms with Gasteiger partial charge >= 0.3 is 0 Å². The summed E-state index contributed by atoms with van der Waals surface area (Å²) in [5.41, 5.74) is 3.35. The van der Waals surface area contributed by atoms with Gasteiger partial charge in [-0.3, -0.25) is 19.4 Å². The van der Waals surface area contributed by atoms with Crippen LogP contribution >= 0.6 is 0 Å². The minimum Gasteiger partial charge on any atom is -0.361 e. The molecule has 1 aliphatic heterocycles. The molecule has 0 saturated carbocycles. The number of aromatic nitrogens is 2. The van der Waals surface area contributed by atoms with Crippen molar-refractivity contribution in [1.82, 2.24) is 9.97 Å². The zero-order chi connectivity index (χ0) is 20.7. The van der Waals surface area contributed by atoms with Crippen molar-refractivity contribution >= 4 is 40.0 Å². The summed E-state index contributed by atoms with van der Waals surface area (Å²) in [7, 11) is 0. The third-order valence-electron chi connectivity index (χ3n) is 5.08. The van der Waals surface area contributed by atoms with Crippen molar-refractivity contribution < 1.29 is 14.4 Å². The largest absolute Gasteiger partial charge is 0.361 e. The molecule has 0 bridgehead atoms. The SMILES string of the molecule is O=C(Cc1c[nH]c2ccccc12)Nc1ccc(N2C(=O)c3cccnc3C2=O)cc1. The Bertz CT molecular complexity index is 1270. The van der Waals surface area contributed by atoms with Crippen LogP contribution < -0.4 is 10.2 Å². The number of nitrogens with one attached hydrogen (secondary N) is 2.